The lowest BCUT2D eigenvalue weighted by molar-refractivity contribution is -0.117. The average Bonchev–Trinajstić information content (AvgIpc) is 3.25. The monoisotopic (exact) mass is 431 g/mol. The zero-order chi connectivity index (χ0) is 22.5. The fraction of sp³-hybridized carbons (Fsp3) is 0.250. The molecule has 8 nitrogen and oxygen atoms in total. The second kappa shape index (κ2) is 9.47. The number of carbonyl (C=O) groups is 1. The van der Waals surface area contributed by atoms with Gasteiger partial charge < -0.3 is 20.4 Å². The first kappa shape index (κ1) is 21.3. The van der Waals surface area contributed by atoms with Crippen LogP contribution in [0.25, 0.3) is 5.69 Å². The van der Waals surface area contributed by atoms with E-state index in [0.29, 0.717) is 36.5 Å². The number of hydrogen-bond acceptors (Lipinski definition) is 6. The van der Waals surface area contributed by atoms with E-state index in [1.807, 2.05) is 48.5 Å². The van der Waals surface area contributed by atoms with Crippen LogP contribution >= 0.6 is 0 Å². The fourth-order valence-corrected chi connectivity index (χ4v) is 3.83. The second-order valence-corrected chi connectivity index (χ2v) is 7.52. The number of hydrogen-bond donors (Lipinski definition) is 2. The van der Waals surface area contributed by atoms with Gasteiger partial charge in [-0.15, -0.1) is 0 Å². The molecule has 1 unspecified atom stereocenters. The summed E-state index contributed by atoms with van der Waals surface area (Å²) < 4.78 is 7.17. The molecule has 0 spiro atoms. The number of aromatic nitrogens is 2. The van der Waals surface area contributed by atoms with Crippen molar-refractivity contribution in [3.63, 3.8) is 0 Å². The molecule has 1 saturated heterocycles. The van der Waals surface area contributed by atoms with E-state index in [1.54, 1.807) is 22.9 Å². The Labute approximate surface area is 186 Å². The minimum atomic E-state index is -0.456. The highest BCUT2D eigenvalue weighted by atomic mass is 16.5. The van der Waals surface area contributed by atoms with Crippen LogP contribution in [0.2, 0.25) is 0 Å². The van der Waals surface area contributed by atoms with E-state index in [9.17, 15) is 9.59 Å². The van der Waals surface area contributed by atoms with Crippen LogP contribution in [0.15, 0.2) is 65.6 Å². The molecule has 2 aromatic carbocycles. The van der Waals surface area contributed by atoms with Crippen molar-refractivity contribution in [1.29, 1.82) is 5.41 Å². The smallest absolute Gasteiger partial charge is 0.227 e. The third-order valence-corrected chi connectivity index (χ3v) is 5.43. The lowest BCUT2D eigenvalue weighted by Gasteiger charge is -2.20. The Kier molecular flexibility index (Phi) is 6.30. The predicted octanol–water partition coefficient (Wildman–Crippen LogP) is 3.56. The summed E-state index contributed by atoms with van der Waals surface area (Å²) in [5.74, 6) is 0.647. The van der Waals surface area contributed by atoms with Crippen molar-refractivity contribution in [3.8, 4) is 11.4 Å². The molecular formula is C24H25N5O3. The third kappa shape index (κ3) is 4.39. The number of rotatable bonds is 8. The highest BCUT2D eigenvalue weighted by Crippen LogP contribution is 2.30. The molecule has 0 radical (unpaired) electrons. The van der Waals surface area contributed by atoms with Crippen LogP contribution in [0.4, 0.5) is 11.4 Å². The van der Waals surface area contributed by atoms with Crippen LogP contribution < -0.4 is 20.4 Å². The number of ether oxygens (including phenoxy) is 1. The van der Waals surface area contributed by atoms with E-state index in [0.717, 1.165) is 17.8 Å². The molecule has 0 bridgehead atoms. The molecule has 2 N–H and O–H groups in total. The summed E-state index contributed by atoms with van der Waals surface area (Å²) in [5, 5.41) is 15.4. The average molecular weight is 431 g/mol. The van der Waals surface area contributed by atoms with Crippen LogP contribution in [0.5, 0.6) is 5.75 Å². The zero-order valence-corrected chi connectivity index (χ0v) is 17.8. The Morgan fingerprint density at radius 1 is 1.19 bits per heavy atom. The molecule has 2 heterocycles. The van der Waals surface area contributed by atoms with Gasteiger partial charge in [0, 0.05) is 49.1 Å². The van der Waals surface area contributed by atoms with E-state index in [1.165, 1.54) is 12.3 Å². The maximum Gasteiger partial charge on any atom is 0.227 e. The van der Waals surface area contributed by atoms with Crippen molar-refractivity contribution >= 4 is 23.5 Å². The van der Waals surface area contributed by atoms with Gasteiger partial charge in [-0.1, -0.05) is 18.2 Å². The van der Waals surface area contributed by atoms with Gasteiger partial charge in [-0.3, -0.25) is 9.59 Å². The molecule has 8 heteroatoms. The number of anilines is 2. The molecule has 3 aromatic rings. The summed E-state index contributed by atoms with van der Waals surface area (Å²) in [7, 11) is 1.56. The lowest BCUT2D eigenvalue weighted by atomic mass is 10.1. The Bertz CT molecular complexity index is 1180. The number of nitrogens with zero attached hydrogens (tertiary/aromatic N) is 3. The number of benzene rings is 2. The summed E-state index contributed by atoms with van der Waals surface area (Å²) in [6, 6.07) is 16.0. The molecule has 1 atom stereocenters. The van der Waals surface area contributed by atoms with Crippen molar-refractivity contribution < 1.29 is 9.53 Å². The van der Waals surface area contributed by atoms with Crippen molar-refractivity contribution in [2.45, 2.75) is 25.3 Å². The van der Waals surface area contributed by atoms with Gasteiger partial charge in [0.15, 0.2) is 0 Å². The fourth-order valence-electron chi connectivity index (χ4n) is 3.83. The summed E-state index contributed by atoms with van der Waals surface area (Å²) in [6.07, 6.45) is 4.57. The largest absolute Gasteiger partial charge is 0.494 e. The Hall–Kier alpha value is -3.94. The molecular weight excluding hydrogens is 406 g/mol. The first-order valence-corrected chi connectivity index (χ1v) is 10.5. The highest BCUT2D eigenvalue weighted by molar-refractivity contribution is 5.95. The quantitative estimate of drug-likeness (QED) is 0.531. The van der Waals surface area contributed by atoms with E-state index in [4.69, 9.17) is 10.1 Å². The second-order valence-electron chi connectivity index (χ2n) is 7.52. The van der Waals surface area contributed by atoms with Gasteiger partial charge in [-0.2, -0.15) is 5.10 Å². The van der Waals surface area contributed by atoms with Crippen molar-refractivity contribution in [2.24, 2.45) is 0 Å². The van der Waals surface area contributed by atoms with Crippen molar-refractivity contribution in [3.05, 3.63) is 76.7 Å². The Morgan fingerprint density at radius 3 is 2.69 bits per heavy atom. The van der Waals surface area contributed by atoms with Gasteiger partial charge in [-0.25, -0.2) is 4.68 Å². The molecule has 164 valence electrons. The van der Waals surface area contributed by atoms with Crippen LogP contribution in [0.3, 0.4) is 0 Å². The molecule has 1 aliphatic rings. The maximum atomic E-state index is 12.7. The van der Waals surface area contributed by atoms with E-state index >= 15 is 0 Å². The SMILES string of the molecule is COc1cc(N2CCCC2=O)ccc1-n1ccc(=O)c(C(CC=N)Nc2ccccc2)n1. The Morgan fingerprint density at radius 2 is 2.00 bits per heavy atom. The van der Waals surface area contributed by atoms with Gasteiger partial charge in [0.1, 0.15) is 17.1 Å². The highest BCUT2D eigenvalue weighted by Gasteiger charge is 2.23. The van der Waals surface area contributed by atoms with E-state index in [2.05, 4.69) is 10.4 Å². The lowest BCUT2D eigenvalue weighted by Crippen LogP contribution is -2.25. The predicted molar refractivity (Wildman–Crippen MR) is 124 cm³/mol. The minimum absolute atomic E-state index is 0.102. The maximum absolute atomic E-state index is 12.7. The minimum Gasteiger partial charge on any atom is -0.494 e. The van der Waals surface area contributed by atoms with E-state index < -0.39 is 6.04 Å². The van der Waals surface area contributed by atoms with Crippen LogP contribution in [-0.4, -0.2) is 35.6 Å². The molecule has 0 saturated carbocycles. The molecule has 1 fully saturated rings. The normalized spacial score (nSPS) is 14.3. The van der Waals surface area contributed by atoms with Crippen molar-refractivity contribution in [2.75, 3.05) is 23.9 Å². The topological polar surface area (TPSA) is 100 Å². The van der Waals surface area contributed by atoms with Gasteiger partial charge in [0.25, 0.3) is 0 Å². The number of carbonyl (C=O) groups excluding carboxylic acids is 1. The summed E-state index contributed by atoms with van der Waals surface area (Å²) in [6.45, 7) is 0.693. The number of para-hydroxylation sites is 1. The third-order valence-electron chi connectivity index (χ3n) is 5.43. The Balaban J connectivity index is 1.70. The molecule has 4 rings (SSSR count). The van der Waals surface area contributed by atoms with Gasteiger partial charge in [0.2, 0.25) is 11.3 Å². The van der Waals surface area contributed by atoms with Crippen LogP contribution in [0.1, 0.15) is 31.0 Å². The van der Waals surface area contributed by atoms with Gasteiger partial charge in [0.05, 0.1) is 13.2 Å². The first-order chi connectivity index (χ1) is 15.6. The number of amides is 1. The zero-order valence-electron chi connectivity index (χ0n) is 17.8. The van der Waals surface area contributed by atoms with Gasteiger partial charge in [-0.05, 0) is 36.9 Å². The molecule has 1 aromatic heterocycles. The number of nitrogens with one attached hydrogen (secondary N) is 2. The first-order valence-electron chi connectivity index (χ1n) is 10.5. The summed E-state index contributed by atoms with van der Waals surface area (Å²) in [5.41, 5.74) is 2.36. The summed E-state index contributed by atoms with van der Waals surface area (Å²) >= 11 is 0. The standard InChI is InChI=1S/C24H25N5O3/c1-32-22-16-18(28-14-5-8-23(28)31)9-10-20(22)29-15-12-21(30)24(27-29)19(11-13-25)26-17-6-3-2-4-7-17/h2-4,6-7,9-10,12-13,15-16,19,25-26H,5,8,11,14H2,1H3. The van der Waals surface area contributed by atoms with E-state index in [-0.39, 0.29) is 11.3 Å². The van der Waals surface area contributed by atoms with Gasteiger partial charge >= 0.3 is 0 Å². The molecule has 32 heavy (non-hydrogen) atoms. The van der Waals surface area contributed by atoms with Crippen molar-refractivity contribution in [1.82, 2.24) is 9.78 Å². The molecule has 1 aliphatic heterocycles. The molecule has 0 aliphatic carbocycles. The van der Waals surface area contributed by atoms with Crippen LogP contribution in [0, 0.1) is 5.41 Å². The number of methoxy groups -OCH3 is 1. The summed E-state index contributed by atoms with van der Waals surface area (Å²) in [4.78, 5) is 26.5. The van der Waals surface area contributed by atoms with Crippen LogP contribution in [-0.2, 0) is 4.79 Å². The molecule has 1 amide bonds.